The summed E-state index contributed by atoms with van der Waals surface area (Å²) in [6, 6.07) is 3.52. The summed E-state index contributed by atoms with van der Waals surface area (Å²) in [6.07, 6.45) is 2.42. The van der Waals surface area contributed by atoms with Crippen LogP contribution in [-0.2, 0) is 24.6 Å². The van der Waals surface area contributed by atoms with Gasteiger partial charge in [-0.15, -0.1) is 0 Å². The lowest BCUT2D eigenvalue weighted by Gasteiger charge is -2.45. The second-order valence-corrected chi connectivity index (χ2v) is 13.6. The minimum atomic E-state index is -1.96. The smallest absolute Gasteiger partial charge is 0.244 e. The number of nitrogens with zero attached hydrogens (tertiary/aromatic N) is 1. The van der Waals surface area contributed by atoms with E-state index in [0.717, 1.165) is 11.1 Å². The van der Waals surface area contributed by atoms with Gasteiger partial charge < -0.3 is 14.7 Å². The molecule has 0 spiro atoms. The topological polar surface area (TPSA) is 101 Å². The number of methoxy groups -OCH3 is 1. The first-order chi connectivity index (χ1) is 17.5. The second-order valence-electron chi connectivity index (χ2n) is 13.6. The number of carbonyl (C=O) groups excluding carboxylic acids is 4. The number of hydrogen-bond acceptors (Lipinski definition) is 6. The van der Waals surface area contributed by atoms with Crippen molar-refractivity contribution in [1.29, 1.82) is 0 Å². The standard InChI is InChI=1S/C31H37NO6/c1-16-11-30(6,7)32-26-18(16)9-17(38-8)10-19(26)31(27(32)37,24-20(33)12-28(2,3)13-21(24)34)25-22(35)14-29(4,5)15-23(25)36/h9-11,24,35H,12-15H2,1-8H3/t31-/m1/s1. The van der Waals surface area contributed by atoms with E-state index in [4.69, 9.17) is 4.74 Å². The Morgan fingerprint density at radius 1 is 0.895 bits per heavy atom. The van der Waals surface area contributed by atoms with Crippen LogP contribution >= 0.6 is 0 Å². The fourth-order valence-electron chi connectivity index (χ4n) is 7.46. The molecule has 1 saturated carbocycles. The molecule has 0 aromatic heterocycles. The Morgan fingerprint density at radius 2 is 1.47 bits per heavy atom. The van der Waals surface area contributed by atoms with E-state index in [1.54, 1.807) is 11.0 Å². The molecular weight excluding hydrogens is 482 g/mol. The number of aliphatic hydroxyl groups is 1. The largest absolute Gasteiger partial charge is 0.512 e. The van der Waals surface area contributed by atoms with E-state index >= 15 is 0 Å². The summed E-state index contributed by atoms with van der Waals surface area (Å²) >= 11 is 0. The van der Waals surface area contributed by atoms with Crippen molar-refractivity contribution in [3.8, 4) is 5.75 Å². The first-order valence-corrected chi connectivity index (χ1v) is 13.2. The van der Waals surface area contributed by atoms with Gasteiger partial charge in [0, 0.05) is 36.8 Å². The number of benzene rings is 1. The van der Waals surface area contributed by atoms with Gasteiger partial charge >= 0.3 is 0 Å². The first kappa shape index (κ1) is 26.4. The highest BCUT2D eigenvalue weighted by molar-refractivity contribution is 6.25. The summed E-state index contributed by atoms with van der Waals surface area (Å²) < 4.78 is 5.63. The van der Waals surface area contributed by atoms with E-state index in [2.05, 4.69) is 0 Å². The molecular formula is C31H37NO6. The SMILES string of the molecule is COc1cc2c3c(c1)[C@](C1=C(O)CC(C)(C)CC1=O)(C1C(=O)CC(C)(C)CC1=O)C(=O)N3C(C)(C)C=C2C. The average Bonchev–Trinajstić information content (AvgIpc) is 2.99. The fourth-order valence-corrected chi connectivity index (χ4v) is 7.46. The van der Waals surface area contributed by atoms with Gasteiger partial charge in [0.05, 0.1) is 29.8 Å². The highest BCUT2D eigenvalue weighted by atomic mass is 16.5. The van der Waals surface area contributed by atoms with Crippen molar-refractivity contribution in [1.82, 2.24) is 0 Å². The van der Waals surface area contributed by atoms with E-state index in [9.17, 15) is 24.3 Å². The van der Waals surface area contributed by atoms with Gasteiger partial charge in [0.2, 0.25) is 5.91 Å². The monoisotopic (exact) mass is 519 g/mol. The molecule has 0 radical (unpaired) electrons. The second kappa shape index (κ2) is 7.90. The first-order valence-electron chi connectivity index (χ1n) is 13.2. The van der Waals surface area contributed by atoms with Crippen LogP contribution < -0.4 is 9.64 Å². The fraction of sp³-hybridized carbons (Fsp3) is 0.548. The highest BCUT2D eigenvalue weighted by Crippen LogP contribution is 2.61. The lowest BCUT2D eigenvalue weighted by atomic mass is 9.55. The molecule has 1 aromatic carbocycles. The van der Waals surface area contributed by atoms with Gasteiger partial charge in [-0.05, 0) is 49.3 Å². The third-order valence-corrected chi connectivity index (χ3v) is 8.71. The Kier molecular flexibility index (Phi) is 5.49. The van der Waals surface area contributed by atoms with Gasteiger partial charge in [-0.25, -0.2) is 0 Å². The molecule has 1 fully saturated rings. The van der Waals surface area contributed by atoms with Crippen molar-refractivity contribution in [2.45, 2.75) is 85.1 Å². The van der Waals surface area contributed by atoms with Crippen molar-refractivity contribution < 1.29 is 29.0 Å². The van der Waals surface area contributed by atoms with Crippen LogP contribution in [0.5, 0.6) is 5.75 Å². The predicted octanol–water partition coefficient (Wildman–Crippen LogP) is 5.25. The average molecular weight is 520 g/mol. The zero-order valence-electron chi connectivity index (χ0n) is 23.6. The summed E-state index contributed by atoms with van der Waals surface area (Å²) in [7, 11) is 1.51. The Bertz CT molecular complexity index is 1370. The summed E-state index contributed by atoms with van der Waals surface area (Å²) in [4.78, 5) is 58.5. The third-order valence-electron chi connectivity index (χ3n) is 8.71. The Balaban J connectivity index is 1.94. The third kappa shape index (κ3) is 3.46. The predicted molar refractivity (Wildman–Crippen MR) is 144 cm³/mol. The van der Waals surface area contributed by atoms with E-state index < -0.39 is 39.4 Å². The number of amides is 1. The van der Waals surface area contributed by atoms with Crippen LogP contribution in [-0.4, -0.2) is 41.0 Å². The molecule has 2 aliphatic heterocycles. The van der Waals surface area contributed by atoms with Gasteiger partial charge in [0.25, 0.3) is 0 Å². The molecule has 1 amide bonds. The summed E-state index contributed by atoms with van der Waals surface area (Å²) in [6.45, 7) is 13.2. The lowest BCUT2D eigenvalue weighted by Crippen LogP contribution is -2.60. The number of Topliss-reactive ketones (excluding diaryl/α,β-unsaturated/α-hetero) is 3. The van der Waals surface area contributed by atoms with Crippen molar-refractivity contribution in [3.63, 3.8) is 0 Å². The molecule has 7 heteroatoms. The molecule has 2 heterocycles. The van der Waals surface area contributed by atoms with Crippen LogP contribution in [0.3, 0.4) is 0 Å². The summed E-state index contributed by atoms with van der Waals surface area (Å²) in [5.74, 6) is -2.86. The molecule has 2 aliphatic carbocycles. The van der Waals surface area contributed by atoms with E-state index in [1.165, 1.54) is 7.11 Å². The molecule has 0 bridgehead atoms. The van der Waals surface area contributed by atoms with Crippen molar-refractivity contribution >= 4 is 34.5 Å². The Hall–Kier alpha value is -3.22. The minimum Gasteiger partial charge on any atom is -0.512 e. The zero-order chi connectivity index (χ0) is 28.2. The number of ether oxygens (including phenoxy) is 1. The number of anilines is 1. The molecule has 4 aliphatic rings. The maximum Gasteiger partial charge on any atom is 0.244 e. The van der Waals surface area contributed by atoms with Crippen LogP contribution in [0, 0.1) is 16.7 Å². The lowest BCUT2D eigenvalue weighted by molar-refractivity contribution is -0.146. The van der Waals surface area contributed by atoms with Crippen LogP contribution in [0.25, 0.3) is 5.57 Å². The van der Waals surface area contributed by atoms with Crippen molar-refractivity contribution in [3.05, 3.63) is 40.7 Å². The maximum atomic E-state index is 15.0. The molecule has 1 N–H and O–H groups in total. The molecule has 1 aromatic rings. The maximum absolute atomic E-state index is 15.0. The normalized spacial score (nSPS) is 28.0. The highest BCUT2D eigenvalue weighted by Gasteiger charge is 2.68. The van der Waals surface area contributed by atoms with Gasteiger partial charge in [-0.2, -0.15) is 0 Å². The molecule has 38 heavy (non-hydrogen) atoms. The van der Waals surface area contributed by atoms with Crippen molar-refractivity contribution in [2.24, 2.45) is 16.7 Å². The summed E-state index contributed by atoms with van der Waals surface area (Å²) in [5.41, 5.74) is -1.33. The van der Waals surface area contributed by atoms with Crippen LogP contribution in [0.15, 0.2) is 29.5 Å². The molecule has 0 saturated heterocycles. The van der Waals surface area contributed by atoms with Gasteiger partial charge in [-0.1, -0.05) is 33.8 Å². The van der Waals surface area contributed by atoms with Crippen molar-refractivity contribution in [2.75, 3.05) is 12.0 Å². The quantitative estimate of drug-likeness (QED) is 0.548. The van der Waals surface area contributed by atoms with Gasteiger partial charge in [0.15, 0.2) is 5.78 Å². The Labute approximate surface area is 223 Å². The van der Waals surface area contributed by atoms with E-state index in [1.807, 2.05) is 60.6 Å². The van der Waals surface area contributed by atoms with Crippen LogP contribution in [0.4, 0.5) is 5.69 Å². The van der Waals surface area contributed by atoms with E-state index in [-0.39, 0.29) is 48.6 Å². The van der Waals surface area contributed by atoms with E-state index in [0.29, 0.717) is 17.0 Å². The minimum absolute atomic E-state index is 0.0921. The zero-order valence-corrected chi connectivity index (χ0v) is 23.6. The molecule has 7 nitrogen and oxygen atoms in total. The molecule has 1 atom stereocenters. The Morgan fingerprint density at radius 3 is 2.03 bits per heavy atom. The molecule has 202 valence electrons. The number of hydrogen-bond donors (Lipinski definition) is 1. The van der Waals surface area contributed by atoms with Gasteiger partial charge in [0.1, 0.15) is 28.5 Å². The molecule has 5 rings (SSSR count). The number of rotatable bonds is 3. The van der Waals surface area contributed by atoms with Crippen LogP contribution in [0.2, 0.25) is 0 Å². The number of aliphatic hydroxyl groups excluding tert-OH is 1. The summed E-state index contributed by atoms with van der Waals surface area (Å²) in [5, 5.41) is 11.5. The number of allylic oxidation sites excluding steroid dienone is 2. The molecule has 0 unspecified atom stereocenters. The van der Waals surface area contributed by atoms with Gasteiger partial charge in [-0.3, -0.25) is 19.2 Å². The number of ketones is 3. The number of carbonyl (C=O) groups is 4. The van der Waals surface area contributed by atoms with Crippen LogP contribution in [0.1, 0.15) is 85.3 Å².